The van der Waals surface area contributed by atoms with Gasteiger partial charge in [-0.1, -0.05) is 48.5 Å². The van der Waals surface area contributed by atoms with Crippen molar-refractivity contribution in [3.8, 4) is 5.75 Å². The molecule has 0 saturated heterocycles. The third-order valence-corrected chi connectivity index (χ3v) is 5.41. The van der Waals surface area contributed by atoms with Gasteiger partial charge >= 0.3 is 0 Å². The molecule has 3 aromatic carbocycles. The Bertz CT molecular complexity index is 1050. The highest BCUT2D eigenvalue weighted by atomic mass is 16.6. The summed E-state index contributed by atoms with van der Waals surface area (Å²) in [6.45, 7) is 1.61. The van der Waals surface area contributed by atoms with Crippen LogP contribution in [0.4, 0.5) is 5.69 Å². The van der Waals surface area contributed by atoms with Gasteiger partial charge in [-0.3, -0.25) is 14.9 Å². The van der Waals surface area contributed by atoms with Crippen molar-refractivity contribution in [3.63, 3.8) is 0 Å². The molecule has 0 aliphatic rings. The molecule has 0 bridgehead atoms. The second-order valence-electron chi connectivity index (χ2n) is 7.89. The fourth-order valence-corrected chi connectivity index (χ4v) is 3.56. The number of phenols is 1. The van der Waals surface area contributed by atoms with Crippen molar-refractivity contribution in [2.75, 3.05) is 13.1 Å². The number of nitro benzene ring substituents is 1. The van der Waals surface area contributed by atoms with Gasteiger partial charge < -0.3 is 15.7 Å². The number of rotatable bonds is 12. The van der Waals surface area contributed by atoms with Gasteiger partial charge in [-0.2, -0.15) is 0 Å². The summed E-state index contributed by atoms with van der Waals surface area (Å²) in [5.74, 6) is -0.0675. The fraction of sp³-hybridized carbons (Fsp3) is 0.269. The molecule has 0 radical (unpaired) electrons. The van der Waals surface area contributed by atoms with E-state index < -0.39 is 4.92 Å². The minimum Gasteiger partial charge on any atom is -0.508 e. The highest BCUT2D eigenvalue weighted by Crippen LogP contribution is 2.18. The zero-order chi connectivity index (χ0) is 23.5. The van der Waals surface area contributed by atoms with E-state index >= 15 is 0 Å². The predicted molar refractivity (Wildman–Crippen MR) is 128 cm³/mol. The molecular formula is C26H29N3O4. The Kier molecular flexibility index (Phi) is 8.97. The van der Waals surface area contributed by atoms with Crippen LogP contribution in [0.3, 0.4) is 0 Å². The lowest BCUT2D eigenvalue weighted by Gasteiger charge is -2.12. The lowest BCUT2D eigenvalue weighted by molar-refractivity contribution is -0.384. The van der Waals surface area contributed by atoms with Gasteiger partial charge in [0.25, 0.3) is 11.6 Å². The summed E-state index contributed by atoms with van der Waals surface area (Å²) in [6, 6.07) is 21.6. The summed E-state index contributed by atoms with van der Waals surface area (Å²) in [7, 11) is 0. The van der Waals surface area contributed by atoms with E-state index in [1.165, 1.54) is 17.7 Å². The van der Waals surface area contributed by atoms with Crippen LogP contribution in [-0.4, -0.2) is 29.0 Å². The summed E-state index contributed by atoms with van der Waals surface area (Å²) in [4.78, 5) is 23.5. The Hall–Kier alpha value is -3.71. The van der Waals surface area contributed by atoms with Crippen molar-refractivity contribution < 1.29 is 14.8 Å². The lowest BCUT2D eigenvalue weighted by Crippen LogP contribution is -2.27. The molecule has 3 rings (SSSR count). The molecule has 0 aliphatic carbocycles. The van der Waals surface area contributed by atoms with Crippen LogP contribution in [-0.2, 0) is 19.4 Å². The van der Waals surface area contributed by atoms with E-state index in [1.807, 2.05) is 30.3 Å². The standard InChI is InChI=1S/C26H29N3O4/c30-24-13-9-21(10-14-24)15-17-27-19-22-11-12-23(29(32)33)18-25(22)26(31)28-16-5-4-8-20-6-2-1-3-7-20/h1-3,6-7,9-14,18,27,30H,4-5,8,15-17,19H2,(H,28,31). The van der Waals surface area contributed by atoms with Crippen molar-refractivity contribution in [2.24, 2.45) is 0 Å². The Labute approximate surface area is 193 Å². The molecule has 172 valence electrons. The first-order chi connectivity index (χ1) is 16.0. The maximum Gasteiger partial charge on any atom is 0.270 e. The maximum absolute atomic E-state index is 12.8. The molecule has 0 atom stereocenters. The van der Waals surface area contributed by atoms with Crippen LogP contribution in [0.2, 0.25) is 0 Å². The molecule has 7 nitrogen and oxygen atoms in total. The average molecular weight is 448 g/mol. The zero-order valence-electron chi connectivity index (χ0n) is 18.5. The van der Waals surface area contributed by atoms with Gasteiger partial charge in [0.2, 0.25) is 0 Å². The molecule has 33 heavy (non-hydrogen) atoms. The number of aromatic hydroxyl groups is 1. The summed E-state index contributed by atoms with van der Waals surface area (Å²) in [5, 5.41) is 26.8. The number of hydrogen-bond donors (Lipinski definition) is 3. The number of hydrogen-bond acceptors (Lipinski definition) is 5. The molecule has 7 heteroatoms. The average Bonchev–Trinajstić information content (AvgIpc) is 2.83. The summed E-state index contributed by atoms with van der Waals surface area (Å²) in [6.07, 6.45) is 3.49. The molecule has 3 aromatic rings. The van der Waals surface area contributed by atoms with Crippen LogP contribution in [0, 0.1) is 10.1 Å². The normalized spacial score (nSPS) is 10.7. The van der Waals surface area contributed by atoms with E-state index in [2.05, 4.69) is 22.8 Å². The number of non-ortho nitro benzene ring substituents is 1. The largest absolute Gasteiger partial charge is 0.508 e. The van der Waals surface area contributed by atoms with Crippen LogP contribution in [0.5, 0.6) is 5.75 Å². The van der Waals surface area contributed by atoms with Crippen molar-refractivity contribution in [1.82, 2.24) is 10.6 Å². The number of nitrogens with zero attached hydrogens (tertiary/aromatic N) is 1. The first kappa shape index (κ1) is 23.9. The van der Waals surface area contributed by atoms with Crippen molar-refractivity contribution >= 4 is 11.6 Å². The Morgan fingerprint density at radius 3 is 2.33 bits per heavy atom. The molecule has 0 saturated carbocycles. The molecule has 1 amide bonds. The topological polar surface area (TPSA) is 104 Å². The molecule has 0 fully saturated rings. The first-order valence-corrected chi connectivity index (χ1v) is 11.1. The molecule has 0 heterocycles. The van der Waals surface area contributed by atoms with E-state index in [4.69, 9.17) is 0 Å². The Morgan fingerprint density at radius 1 is 0.879 bits per heavy atom. The highest BCUT2D eigenvalue weighted by molar-refractivity contribution is 5.96. The fourth-order valence-electron chi connectivity index (χ4n) is 3.56. The van der Waals surface area contributed by atoms with Crippen molar-refractivity contribution in [1.29, 1.82) is 0 Å². The molecule has 0 aliphatic heterocycles. The molecular weight excluding hydrogens is 418 g/mol. The van der Waals surface area contributed by atoms with Gasteiger partial charge in [0.05, 0.1) is 10.5 Å². The molecule has 0 aromatic heterocycles. The number of carbonyl (C=O) groups is 1. The van der Waals surface area contributed by atoms with Crippen LogP contribution in [0.1, 0.15) is 39.9 Å². The number of carbonyl (C=O) groups excluding carboxylic acids is 1. The Balaban J connectivity index is 1.52. The van der Waals surface area contributed by atoms with E-state index in [1.54, 1.807) is 18.2 Å². The maximum atomic E-state index is 12.8. The summed E-state index contributed by atoms with van der Waals surface area (Å²) in [5.41, 5.74) is 3.29. The SMILES string of the molecule is O=C(NCCCCc1ccccc1)c1cc([N+](=O)[O-])ccc1CNCCc1ccc(O)cc1. The first-order valence-electron chi connectivity index (χ1n) is 11.1. The number of unbranched alkanes of at least 4 members (excludes halogenated alkanes) is 1. The quantitative estimate of drug-likeness (QED) is 0.217. The minimum absolute atomic E-state index is 0.0999. The van der Waals surface area contributed by atoms with E-state index in [9.17, 15) is 20.0 Å². The smallest absolute Gasteiger partial charge is 0.270 e. The number of nitrogens with one attached hydrogen (secondary N) is 2. The Morgan fingerprint density at radius 2 is 1.61 bits per heavy atom. The van der Waals surface area contributed by atoms with E-state index in [0.29, 0.717) is 30.8 Å². The van der Waals surface area contributed by atoms with Crippen LogP contribution < -0.4 is 10.6 Å². The summed E-state index contributed by atoms with van der Waals surface area (Å²) < 4.78 is 0. The van der Waals surface area contributed by atoms with Gasteiger partial charge in [0, 0.05) is 25.2 Å². The second-order valence-corrected chi connectivity index (χ2v) is 7.89. The number of amides is 1. The predicted octanol–water partition coefficient (Wildman–Crippen LogP) is 4.39. The van der Waals surface area contributed by atoms with E-state index in [0.717, 1.165) is 31.2 Å². The van der Waals surface area contributed by atoms with Gasteiger partial charge in [0.15, 0.2) is 0 Å². The molecule has 3 N–H and O–H groups in total. The van der Waals surface area contributed by atoms with Gasteiger partial charge in [-0.15, -0.1) is 0 Å². The van der Waals surface area contributed by atoms with Crippen LogP contribution >= 0.6 is 0 Å². The van der Waals surface area contributed by atoms with Crippen molar-refractivity contribution in [2.45, 2.75) is 32.2 Å². The van der Waals surface area contributed by atoms with Crippen LogP contribution in [0.25, 0.3) is 0 Å². The minimum atomic E-state index is -0.487. The third kappa shape index (κ3) is 7.73. The number of nitro groups is 1. The van der Waals surface area contributed by atoms with Gasteiger partial charge in [-0.05, 0) is 61.1 Å². The van der Waals surface area contributed by atoms with Crippen molar-refractivity contribution in [3.05, 3.63) is 105 Å². The van der Waals surface area contributed by atoms with Gasteiger partial charge in [-0.25, -0.2) is 0 Å². The lowest BCUT2D eigenvalue weighted by atomic mass is 10.0. The van der Waals surface area contributed by atoms with Gasteiger partial charge in [0.1, 0.15) is 5.75 Å². The number of benzene rings is 3. The van der Waals surface area contributed by atoms with E-state index in [-0.39, 0.29) is 17.3 Å². The monoisotopic (exact) mass is 447 g/mol. The molecule has 0 spiro atoms. The third-order valence-electron chi connectivity index (χ3n) is 5.41. The number of aryl methyl sites for hydroxylation is 1. The van der Waals surface area contributed by atoms with Crippen LogP contribution in [0.15, 0.2) is 72.8 Å². The molecule has 0 unspecified atom stereocenters. The number of phenolic OH excluding ortho intramolecular Hbond substituents is 1. The highest BCUT2D eigenvalue weighted by Gasteiger charge is 2.16. The second kappa shape index (κ2) is 12.4. The summed E-state index contributed by atoms with van der Waals surface area (Å²) >= 11 is 0. The zero-order valence-corrected chi connectivity index (χ0v) is 18.5.